The van der Waals surface area contributed by atoms with E-state index in [-0.39, 0.29) is 5.69 Å². The van der Waals surface area contributed by atoms with Crippen molar-refractivity contribution in [1.82, 2.24) is 34.7 Å². The van der Waals surface area contributed by atoms with Gasteiger partial charge in [-0.15, -0.1) is 10.2 Å². The zero-order valence-corrected chi connectivity index (χ0v) is 22.0. The van der Waals surface area contributed by atoms with E-state index in [1.54, 1.807) is 6.20 Å². The van der Waals surface area contributed by atoms with Crippen LogP contribution in [-0.4, -0.2) is 34.7 Å². The Morgan fingerprint density at radius 1 is 0.868 bits per heavy atom. The van der Waals surface area contributed by atoms with Gasteiger partial charge in [-0.3, -0.25) is 14.1 Å². The molecule has 0 saturated heterocycles. The Balaban J connectivity index is 1.41. The highest BCUT2D eigenvalue weighted by atomic mass is 16.1. The van der Waals surface area contributed by atoms with Gasteiger partial charge >= 0.3 is 5.69 Å². The Hall–Kier alpha value is -4.33. The number of nitrogens with one attached hydrogen (secondary N) is 1. The second-order valence-corrected chi connectivity index (χ2v) is 9.58. The number of aromatic amines is 1. The quantitative estimate of drug-likeness (QED) is 0.247. The molecular weight excluding hydrogens is 474 g/mol. The van der Waals surface area contributed by atoms with Crippen molar-refractivity contribution in [2.45, 2.75) is 59.0 Å². The highest BCUT2D eigenvalue weighted by Gasteiger charge is 2.17. The Morgan fingerprint density at radius 3 is 2.42 bits per heavy atom. The highest BCUT2D eigenvalue weighted by Crippen LogP contribution is 2.27. The fourth-order valence-electron chi connectivity index (χ4n) is 4.97. The number of pyridine rings is 1. The highest BCUT2D eigenvalue weighted by molar-refractivity contribution is 5.76. The first-order chi connectivity index (χ1) is 18.7. The molecule has 0 unspecified atom stereocenters. The van der Waals surface area contributed by atoms with Gasteiger partial charge in [-0.2, -0.15) is 5.21 Å². The molecule has 194 valence electrons. The lowest BCUT2D eigenvalue weighted by Crippen LogP contribution is -2.26. The predicted octanol–water partition coefficient (Wildman–Crippen LogP) is 5.22. The molecule has 0 spiro atoms. The molecule has 38 heavy (non-hydrogen) atoms. The largest absolute Gasteiger partial charge is 0.328 e. The third-order valence-corrected chi connectivity index (χ3v) is 7.06. The number of hydrogen-bond acceptors (Lipinski definition) is 5. The molecule has 0 aliphatic rings. The Labute approximate surface area is 222 Å². The molecule has 0 aliphatic carbocycles. The second kappa shape index (κ2) is 11.8. The maximum Gasteiger partial charge on any atom is 0.328 e. The average Bonchev–Trinajstić information content (AvgIpc) is 3.57. The van der Waals surface area contributed by atoms with Gasteiger partial charge in [0.05, 0.1) is 12.2 Å². The van der Waals surface area contributed by atoms with Crippen molar-refractivity contribution in [3.63, 3.8) is 0 Å². The summed E-state index contributed by atoms with van der Waals surface area (Å²) < 4.78 is 3.92. The molecule has 0 radical (unpaired) electrons. The molecule has 3 aromatic heterocycles. The van der Waals surface area contributed by atoms with Crippen molar-refractivity contribution < 1.29 is 0 Å². The lowest BCUT2D eigenvalue weighted by Gasteiger charge is -2.10. The SMILES string of the molecule is CCCCCc1c(C)n(CCc2ccccc2)c(=O)n1Cc1ccc(-c2ncccc2-c2nn[nH]n2)cc1. The summed E-state index contributed by atoms with van der Waals surface area (Å²) in [6.45, 7) is 5.52. The van der Waals surface area contributed by atoms with Crippen molar-refractivity contribution >= 4 is 0 Å². The molecule has 0 saturated carbocycles. The number of nitrogens with zero attached hydrogens (tertiary/aromatic N) is 6. The molecule has 5 aromatic rings. The van der Waals surface area contributed by atoms with Crippen LogP contribution >= 0.6 is 0 Å². The van der Waals surface area contributed by atoms with E-state index in [2.05, 4.69) is 63.7 Å². The normalized spacial score (nSPS) is 11.2. The van der Waals surface area contributed by atoms with Crippen LogP contribution in [0.4, 0.5) is 0 Å². The van der Waals surface area contributed by atoms with E-state index < -0.39 is 0 Å². The van der Waals surface area contributed by atoms with E-state index in [1.165, 1.54) is 5.56 Å². The van der Waals surface area contributed by atoms with Crippen LogP contribution in [0.5, 0.6) is 0 Å². The van der Waals surface area contributed by atoms with E-state index in [0.717, 1.165) is 65.9 Å². The van der Waals surface area contributed by atoms with Crippen molar-refractivity contribution in [2.24, 2.45) is 0 Å². The van der Waals surface area contributed by atoms with E-state index in [0.29, 0.717) is 18.9 Å². The van der Waals surface area contributed by atoms with E-state index in [1.807, 2.05) is 51.6 Å². The lowest BCUT2D eigenvalue weighted by molar-refractivity contribution is 0.618. The average molecular weight is 508 g/mol. The first kappa shape index (κ1) is 25.3. The van der Waals surface area contributed by atoms with Crippen LogP contribution in [0.1, 0.15) is 48.7 Å². The summed E-state index contributed by atoms with van der Waals surface area (Å²) in [6, 6.07) is 22.4. The van der Waals surface area contributed by atoms with Gasteiger partial charge in [0.25, 0.3) is 0 Å². The summed E-state index contributed by atoms with van der Waals surface area (Å²) >= 11 is 0. The predicted molar refractivity (Wildman–Crippen MR) is 149 cm³/mol. The molecular formula is C30H33N7O. The summed E-state index contributed by atoms with van der Waals surface area (Å²) in [7, 11) is 0. The van der Waals surface area contributed by atoms with E-state index >= 15 is 0 Å². The molecule has 0 amide bonds. The van der Waals surface area contributed by atoms with Crippen molar-refractivity contribution in [3.8, 4) is 22.6 Å². The molecule has 0 atom stereocenters. The Bertz CT molecular complexity index is 1520. The fraction of sp³-hybridized carbons (Fsp3) is 0.300. The monoisotopic (exact) mass is 507 g/mol. The molecule has 2 aromatic carbocycles. The van der Waals surface area contributed by atoms with Gasteiger partial charge in [0.2, 0.25) is 5.82 Å². The van der Waals surface area contributed by atoms with Crippen molar-refractivity contribution in [1.29, 1.82) is 0 Å². The number of aryl methyl sites for hydroxylation is 1. The summed E-state index contributed by atoms with van der Waals surface area (Å²) in [5.41, 5.74) is 7.17. The second-order valence-electron chi connectivity index (χ2n) is 9.58. The summed E-state index contributed by atoms with van der Waals surface area (Å²) in [4.78, 5) is 18.2. The number of unbranched alkanes of at least 4 members (excludes halogenated alkanes) is 2. The van der Waals surface area contributed by atoms with E-state index in [9.17, 15) is 4.79 Å². The first-order valence-electron chi connectivity index (χ1n) is 13.3. The van der Waals surface area contributed by atoms with Crippen LogP contribution in [0.3, 0.4) is 0 Å². The standard InChI is InChI=1S/C30H33N7O/c1-3-4-6-13-27-22(2)36(20-18-23-10-7-5-8-11-23)30(38)37(27)21-24-14-16-25(17-15-24)28-26(12-9-19-31-28)29-32-34-35-33-29/h5,7-12,14-17,19H,3-4,6,13,18,20-21H2,1-2H3,(H,32,33,34,35). The number of benzene rings is 2. The maximum absolute atomic E-state index is 13.6. The number of aromatic nitrogens is 7. The van der Waals surface area contributed by atoms with Crippen molar-refractivity contribution in [3.05, 3.63) is 106 Å². The van der Waals surface area contributed by atoms with Gasteiger partial charge < -0.3 is 0 Å². The maximum atomic E-state index is 13.6. The minimum absolute atomic E-state index is 0.0677. The van der Waals surface area contributed by atoms with Gasteiger partial charge in [0.15, 0.2) is 0 Å². The number of tetrazole rings is 1. The molecule has 0 aliphatic heterocycles. The van der Waals surface area contributed by atoms with Gasteiger partial charge in [0.1, 0.15) is 0 Å². The van der Waals surface area contributed by atoms with Gasteiger partial charge in [0, 0.05) is 35.3 Å². The zero-order valence-electron chi connectivity index (χ0n) is 22.0. The Morgan fingerprint density at radius 2 is 1.68 bits per heavy atom. The molecule has 0 bridgehead atoms. The van der Waals surface area contributed by atoms with Crippen LogP contribution in [0.15, 0.2) is 77.7 Å². The number of H-pyrrole nitrogens is 1. The third-order valence-electron chi connectivity index (χ3n) is 7.06. The zero-order chi connectivity index (χ0) is 26.3. The summed E-state index contributed by atoms with van der Waals surface area (Å²) in [6.07, 6.45) is 6.89. The number of hydrogen-bond donors (Lipinski definition) is 1. The summed E-state index contributed by atoms with van der Waals surface area (Å²) in [5, 5.41) is 14.4. The first-order valence-corrected chi connectivity index (χ1v) is 13.3. The molecule has 5 rings (SSSR count). The van der Waals surface area contributed by atoms with E-state index in [4.69, 9.17) is 0 Å². The minimum atomic E-state index is 0.0677. The number of rotatable bonds is 11. The fourth-order valence-corrected chi connectivity index (χ4v) is 4.97. The smallest absolute Gasteiger partial charge is 0.296 e. The molecule has 3 heterocycles. The van der Waals surface area contributed by atoms with Crippen LogP contribution in [0, 0.1) is 6.92 Å². The van der Waals surface area contributed by atoms with Gasteiger partial charge in [-0.25, -0.2) is 4.79 Å². The number of imidazole rings is 1. The Kier molecular flexibility index (Phi) is 7.87. The molecule has 0 fully saturated rings. The molecule has 8 heteroatoms. The molecule has 1 N–H and O–H groups in total. The van der Waals surface area contributed by atoms with Crippen LogP contribution in [0.2, 0.25) is 0 Å². The minimum Gasteiger partial charge on any atom is -0.296 e. The molecule has 8 nitrogen and oxygen atoms in total. The lowest BCUT2D eigenvalue weighted by atomic mass is 10.0. The summed E-state index contributed by atoms with van der Waals surface area (Å²) in [5.74, 6) is 0.507. The van der Waals surface area contributed by atoms with Gasteiger partial charge in [-0.05, 0) is 54.7 Å². The topological polar surface area (TPSA) is 94.3 Å². The van der Waals surface area contributed by atoms with Gasteiger partial charge in [-0.1, -0.05) is 74.4 Å². The van der Waals surface area contributed by atoms with Crippen molar-refractivity contribution in [2.75, 3.05) is 0 Å². The van der Waals surface area contributed by atoms with Crippen LogP contribution < -0.4 is 5.69 Å². The third kappa shape index (κ3) is 5.49. The van der Waals surface area contributed by atoms with Crippen LogP contribution in [-0.2, 0) is 25.9 Å². The van der Waals surface area contributed by atoms with Crippen LogP contribution in [0.25, 0.3) is 22.6 Å².